The molecule has 0 atom stereocenters. The molecule has 1 amide bonds. The first-order chi connectivity index (χ1) is 14.6. The Morgan fingerprint density at radius 1 is 1.10 bits per heavy atom. The normalized spacial score (nSPS) is 18.3. The smallest absolute Gasteiger partial charge is 0.234 e. The van der Waals surface area contributed by atoms with Crippen LogP contribution in [-0.4, -0.2) is 88.8 Å². The minimum absolute atomic E-state index is 0.104. The number of hydrogen-bond acceptors (Lipinski definition) is 5. The van der Waals surface area contributed by atoms with E-state index < -0.39 is 0 Å². The summed E-state index contributed by atoms with van der Waals surface area (Å²) < 4.78 is 2.33. The summed E-state index contributed by atoms with van der Waals surface area (Å²) in [7, 11) is 1.84. The molecule has 1 fully saturated rings. The van der Waals surface area contributed by atoms with Crippen LogP contribution in [0.5, 0.6) is 0 Å². The second-order valence-corrected chi connectivity index (χ2v) is 8.56. The number of guanidine groups is 1. The van der Waals surface area contributed by atoms with Crippen LogP contribution in [0.2, 0.25) is 0 Å². The van der Waals surface area contributed by atoms with Gasteiger partial charge in [-0.05, 0) is 33.1 Å². The van der Waals surface area contributed by atoms with E-state index in [1.165, 1.54) is 19.3 Å². The molecule has 0 unspecified atom stereocenters. The number of aliphatic imine (C=N–C) groups is 1. The fourth-order valence-electron chi connectivity index (χ4n) is 4.20. The monoisotopic (exact) mass is 418 g/mol. The van der Waals surface area contributed by atoms with Crippen molar-refractivity contribution < 1.29 is 4.79 Å². The van der Waals surface area contributed by atoms with E-state index >= 15 is 0 Å². The predicted molar refractivity (Wildman–Crippen MR) is 119 cm³/mol. The van der Waals surface area contributed by atoms with Crippen LogP contribution >= 0.6 is 0 Å². The fraction of sp³-hybridized carbons (Fsp3) is 0.810. The van der Waals surface area contributed by atoms with Gasteiger partial charge in [-0.2, -0.15) is 0 Å². The molecule has 1 aromatic rings. The lowest BCUT2D eigenvalue weighted by Crippen LogP contribution is -2.54. The van der Waals surface area contributed by atoms with E-state index in [1.807, 2.05) is 20.9 Å². The van der Waals surface area contributed by atoms with Crippen molar-refractivity contribution in [3.63, 3.8) is 0 Å². The standard InChI is InChI=1S/C21H38N8O/c1-17(2)24-20(30)16-27-12-14-28(15-13-27)21(22-3)23-10-7-9-19-26-25-18-8-5-4-6-11-29(18)19/h17H,4-16H2,1-3H3,(H,22,23)(H,24,30). The Morgan fingerprint density at radius 2 is 1.90 bits per heavy atom. The number of amides is 1. The first-order valence-corrected chi connectivity index (χ1v) is 11.4. The second kappa shape index (κ2) is 11.3. The number of piperazine rings is 1. The van der Waals surface area contributed by atoms with Gasteiger partial charge in [0.15, 0.2) is 5.96 Å². The highest BCUT2D eigenvalue weighted by Crippen LogP contribution is 2.15. The third kappa shape index (κ3) is 6.42. The predicted octanol–water partition coefficient (Wildman–Crippen LogP) is 0.655. The highest BCUT2D eigenvalue weighted by Gasteiger charge is 2.21. The van der Waals surface area contributed by atoms with Crippen molar-refractivity contribution >= 4 is 11.9 Å². The number of carbonyl (C=O) groups is 1. The van der Waals surface area contributed by atoms with Gasteiger partial charge in [0.2, 0.25) is 5.91 Å². The Kier molecular flexibility index (Phi) is 8.48. The minimum atomic E-state index is 0.104. The van der Waals surface area contributed by atoms with Crippen LogP contribution < -0.4 is 10.6 Å². The van der Waals surface area contributed by atoms with E-state index in [2.05, 4.69) is 40.2 Å². The van der Waals surface area contributed by atoms with Crippen molar-refractivity contribution in [3.8, 4) is 0 Å². The van der Waals surface area contributed by atoms with Gasteiger partial charge >= 0.3 is 0 Å². The zero-order valence-electron chi connectivity index (χ0n) is 18.9. The maximum Gasteiger partial charge on any atom is 0.234 e. The molecule has 0 bridgehead atoms. The van der Waals surface area contributed by atoms with Crippen LogP contribution in [0.25, 0.3) is 0 Å². The lowest BCUT2D eigenvalue weighted by molar-refractivity contribution is -0.123. The molecule has 1 aromatic heterocycles. The highest BCUT2D eigenvalue weighted by atomic mass is 16.2. The fourth-order valence-corrected chi connectivity index (χ4v) is 4.20. The van der Waals surface area contributed by atoms with E-state index in [4.69, 9.17) is 0 Å². The molecule has 0 aromatic carbocycles. The summed E-state index contributed by atoms with van der Waals surface area (Å²) >= 11 is 0. The Hall–Kier alpha value is -2.16. The van der Waals surface area contributed by atoms with Gasteiger partial charge in [0.25, 0.3) is 0 Å². The van der Waals surface area contributed by atoms with Crippen molar-refractivity contribution in [3.05, 3.63) is 11.6 Å². The third-order valence-electron chi connectivity index (χ3n) is 5.75. The van der Waals surface area contributed by atoms with Gasteiger partial charge in [0.1, 0.15) is 11.6 Å². The van der Waals surface area contributed by atoms with Gasteiger partial charge in [-0.3, -0.25) is 14.7 Å². The SMILES string of the molecule is CN=C(NCCCc1nnc2n1CCCCC2)N1CCN(CC(=O)NC(C)C)CC1. The maximum atomic E-state index is 12.0. The number of hydrogen-bond donors (Lipinski definition) is 2. The first kappa shape index (κ1) is 22.5. The molecule has 9 heteroatoms. The molecule has 168 valence electrons. The van der Waals surface area contributed by atoms with Crippen LogP contribution in [0.4, 0.5) is 0 Å². The number of carbonyl (C=O) groups excluding carboxylic acids is 1. The molecular weight excluding hydrogens is 380 g/mol. The molecule has 2 aliphatic heterocycles. The number of nitrogens with zero attached hydrogens (tertiary/aromatic N) is 6. The van der Waals surface area contributed by atoms with Gasteiger partial charge in [-0.25, -0.2) is 0 Å². The van der Waals surface area contributed by atoms with E-state index in [1.54, 1.807) is 0 Å². The zero-order valence-corrected chi connectivity index (χ0v) is 18.9. The number of rotatable bonds is 7. The lowest BCUT2D eigenvalue weighted by atomic mass is 10.2. The summed E-state index contributed by atoms with van der Waals surface area (Å²) in [6, 6.07) is 0.189. The van der Waals surface area contributed by atoms with Crippen molar-refractivity contribution in [2.75, 3.05) is 46.3 Å². The molecule has 0 radical (unpaired) electrons. The molecule has 0 spiro atoms. The van der Waals surface area contributed by atoms with Crippen molar-refractivity contribution in [1.82, 2.24) is 35.2 Å². The van der Waals surface area contributed by atoms with Gasteiger partial charge in [0.05, 0.1) is 6.54 Å². The number of fused-ring (bicyclic) bond motifs is 1. The summed E-state index contributed by atoms with van der Waals surface area (Å²) in [4.78, 5) is 20.9. The van der Waals surface area contributed by atoms with Crippen LogP contribution in [0.15, 0.2) is 4.99 Å². The molecule has 0 saturated carbocycles. The van der Waals surface area contributed by atoms with E-state index in [-0.39, 0.29) is 11.9 Å². The molecule has 2 N–H and O–H groups in total. The van der Waals surface area contributed by atoms with Gasteiger partial charge < -0.3 is 20.1 Å². The Balaban J connectivity index is 1.37. The third-order valence-corrected chi connectivity index (χ3v) is 5.75. The summed E-state index contributed by atoms with van der Waals surface area (Å²) in [5.74, 6) is 3.33. The van der Waals surface area contributed by atoms with E-state index in [9.17, 15) is 4.79 Å². The average Bonchev–Trinajstić information content (AvgIpc) is 2.94. The van der Waals surface area contributed by atoms with Crippen LogP contribution in [-0.2, 0) is 24.2 Å². The highest BCUT2D eigenvalue weighted by molar-refractivity contribution is 5.80. The van der Waals surface area contributed by atoms with Crippen molar-refractivity contribution in [1.29, 1.82) is 0 Å². The molecule has 30 heavy (non-hydrogen) atoms. The van der Waals surface area contributed by atoms with Gasteiger partial charge in [-0.1, -0.05) is 6.42 Å². The molecular formula is C21H38N8O. The summed E-state index contributed by atoms with van der Waals surface area (Å²) in [5.41, 5.74) is 0. The van der Waals surface area contributed by atoms with E-state index in [0.717, 1.165) is 76.1 Å². The quantitative estimate of drug-likeness (QED) is 0.384. The first-order valence-electron chi connectivity index (χ1n) is 11.4. The topological polar surface area (TPSA) is 90.7 Å². The second-order valence-electron chi connectivity index (χ2n) is 8.56. The molecule has 2 aliphatic rings. The lowest BCUT2D eigenvalue weighted by Gasteiger charge is -2.36. The Morgan fingerprint density at radius 3 is 2.63 bits per heavy atom. The van der Waals surface area contributed by atoms with Crippen LogP contribution in [0.1, 0.15) is 51.2 Å². The van der Waals surface area contributed by atoms with Gasteiger partial charge in [-0.15, -0.1) is 10.2 Å². The van der Waals surface area contributed by atoms with Crippen LogP contribution in [0.3, 0.4) is 0 Å². The number of aromatic nitrogens is 3. The summed E-state index contributed by atoms with van der Waals surface area (Å²) in [6.45, 7) is 9.89. The van der Waals surface area contributed by atoms with E-state index in [0.29, 0.717) is 6.54 Å². The molecule has 3 rings (SSSR count). The molecule has 1 saturated heterocycles. The molecule has 3 heterocycles. The maximum absolute atomic E-state index is 12.0. The van der Waals surface area contributed by atoms with Crippen molar-refractivity contribution in [2.24, 2.45) is 4.99 Å². The molecule has 0 aliphatic carbocycles. The largest absolute Gasteiger partial charge is 0.356 e. The average molecular weight is 419 g/mol. The van der Waals surface area contributed by atoms with Crippen molar-refractivity contribution in [2.45, 2.75) is 65.0 Å². The Labute approximate surface area is 180 Å². The number of nitrogens with one attached hydrogen (secondary N) is 2. The molecule has 9 nitrogen and oxygen atoms in total. The summed E-state index contributed by atoms with van der Waals surface area (Å²) in [6.07, 6.45) is 6.75. The minimum Gasteiger partial charge on any atom is -0.356 e. The van der Waals surface area contributed by atoms with Gasteiger partial charge in [0, 0.05) is 65.2 Å². The Bertz CT molecular complexity index is 706. The number of aryl methyl sites for hydroxylation is 2. The van der Waals surface area contributed by atoms with Crippen LogP contribution in [0, 0.1) is 0 Å². The summed E-state index contributed by atoms with van der Waals surface area (Å²) in [5, 5.41) is 15.3. The zero-order chi connectivity index (χ0) is 21.3.